The molecule has 8 nitrogen and oxygen atoms in total. The molecular weight excluding hydrogens is 504 g/mol. The first-order valence-corrected chi connectivity index (χ1v) is 13.5. The van der Waals surface area contributed by atoms with Gasteiger partial charge in [-0.1, -0.05) is 31.5 Å². The summed E-state index contributed by atoms with van der Waals surface area (Å²) in [7, 11) is 0. The van der Waals surface area contributed by atoms with Gasteiger partial charge in [0.25, 0.3) is 11.8 Å². The minimum atomic E-state index is -0.787. The quantitative estimate of drug-likeness (QED) is 0.217. The predicted molar refractivity (Wildman–Crippen MR) is 147 cm³/mol. The van der Waals surface area contributed by atoms with Crippen molar-refractivity contribution in [2.45, 2.75) is 58.5 Å². The SMILES string of the molecule is CC(C)(CNCCC(=O)O)Cc1ccc2c(ccn2-c2noc(-c3ccc(OC4CCCC4)c(Cl)c3)n2)c1. The molecule has 2 N–H and O–H groups in total. The fourth-order valence-electron chi connectivity index (χ4n) is 5.06. The molecule has 0 radical (unpaired) electrons. The number of ether oxygens (including phenoxy) is 1. The third kappa shape index (κ3) is 6.19. The van der Waals surface area contributed by atoms with Crippen molar-refractivity contribution in [1.29, 1.82) is 0 Å². The van der Waals surface area contributed by atoms with Gasteiger partial charge in [0.05, 0.1) is 23.1 Å². The summed E-state index contributed by atoms with van der Waals surface area (Å²) < 4.78 is 13.5. The topological polar surface area (TPSA) is 102 Å². The lowest BCUT2D eigenvalue weighted by atomic mass is 9.85. The Kier molecular flexibility index (Phi) is 7.72. The largest absolute Gasteiger partial charge is 0.489 e. The molecule has 0 bridgehead atoms. The average molecular weight is 537 g/mol. The van der Waals surface area contributed by atoms with Gasteiger partial charge in [-0.25, -0.2) is 0 Å². The molecule has 2 aromatic carbocycles. The van der Waals surface area contributed by atoms with Gasteiger partial charge in [-0.3, -0.25) is 9.36 Å². The maximum atomic E-state index is 10.7. The summed E-state index contributed by atoms with van der Waals surface area (Å²) in [6, 6.07) is 14.0. The van der Waals surface area contributed by atoms with E-state index < -0.39 is 5.97 Å². The van der Waals surface area contributed by atoms with Gasteiger partial charge in [-0.05, 0) is 84.6 Å². The molecule has 0 spiro atoms. The first kappa shape index (κ1) is 26.3. The van der Waals surface area contributed by atoms with Crippen LogP contribution in [0.1, 0.15) is 51.5 Å². The molecule has 200 valence electrons. The van der Waals surface area contributed by atoms with Crippen LogP contribution < -0.4 is 10.1 Å². The first-order chi connectivity index (χ1) is 18.3. The fraction of sp³-hybridized carbons (Fsp3) is 0.414. The molecule has 5 rings (SSSR count). The molecule has 1 aliphatic rings. The van der Waals surface area contributed by atoms with Crippen molar-refractivity contribution < 1.29 is 19.2 Å². The van der Waals surface area contributed by atoms with Crippen LogP contribution in [-0.2, 0) is 11.2 Å². The number of benzene rings is 2. The number of aliphatic carboxylic acids is 1. The Bertz CT molecular complexity index is 1420. The number of hydrogen-bond donors (Lipinski definition) is 2. The van der Waals surface area contributed by atoms with Gasteiger partial charge in [0.15, 0.2) is 0 Å². The molecule has 0 atom stereocenters. The molecule has 0 amide bonds. The molecule has 0 aliphatic heterocycles. The molecule has 9 heteroatoms. The zero-order valence-electron chi connectivity index (χ0n) is 21.7. The molecule has 0 saturated heterocycles. The molecular formula is C29H33ClN4O4. The third-order valence-electron chi connectivity index (χ3n) is 6.96. The van der Waals surface area contributed by atoms with E-state index in [4.69, 9.17) is 26.0 Å². The minimum absolute atomic E-state index is 0.0176. The van der Waals surface area contributed by atoms with Crippen molar-refractivity contribution >= 4 is 28.5 Å². The molecule has 1 saturated carbocycles. The van der Waals surface area contributed by atoms with Crippen LogP contribution in [0, 0.1) is 5.41 Å². The van der Waals surface area contributed by atoms with E-state index >= 15 is 0 Å². The van der Waals surface area contributed by atoms with Gasteiger partial charge in [0.2, 0.25) is 0 Å². The molecule has 1 aliphatic carbocycles. The van der Waals surface area contributed by atoms with E-state index in [1.165, 1.54) is 18.4 Å². The van der Waals surface area contributed by atoms with Gasteiger partial charge >= 0.3 is 5.97 Å². The second-order valence-electron chi connectivity index (χ2n) is 10.8. The number of halogens is 1. The van der Waals surface area contributed by atoms with E-state index in [1.54, 1.807) is 0 Å². The second-order valence-corrected chi connectivity index (χ2v) is 11.2. The fourth-order valence-corrected chi connectivity index (χ4v) is 5.28. The molecule has 4 aromatic rings. The smallest absolute Gasteiger partial charge is 0.304 e. The van der Waals surface area contributed by atoms with Crippen LogP contribution in [0.25, 0.3) is 28.3 Å². The summed E-state index contributed by atoms with van der Waals surface area (Å²) in [4.78, 5) is 15.3. The lowest BCUT2D eigenvalue weighted by molar-refractivity contribution is -0.136. The zero-order valence-corrected chi connectivity index (χ0v) is 22.5. The number of aromatic nitrogens is 3. The minimum Gasteiger partial charge on any atom is -0.489 e. The zero-order chi connectivity index (χ0) is 26.7. The van der Waals surface area contributed by atoms with E-state index in [2.05, 4.69) is 47.5 Å². The normalized spacial score (nSPS) is 14.4. The standard InChI is InChI=1S/C29H33ClN4O4/c1-29(2,18-31-13-11-26(35)36)17-19-7-9-24-20(15-19)12-14-34(24)28-32-27(38-33-28)21-8-10-25(23(30)16-21)37-22-5-3-4-6-22/h7-10,12,14-16,22,31H,3-6,11,13,17-18H2,1-2H3,(H,35,36). The van der Waals surface area contributed by atoms with Gasteiger partial charge < -0.3 is 19.7 Å². The third-order valence-corrected chi connectivity index (χ3v) is 7.26. The number of rotatable bonds is 11. The van der Waals surface area contributed by atoms with E-state index in [0.29, 0.717) is 29.2 Å². The number of fused-ring (bicyclic) bond motifs is 1. The van der Waals surface area contributed by atoms with Gasteiger partial charge in [0, 0.05) is 30.2 Å². The van der Waals surface area contributed by atoms with Crippen molar-refractivity contribution in [3.05, 3.63) is 59.2 Å². The molecule has 1 fully saturated rings. The van der Waals surface area contributed by atoms with Crippen molar-refractivity contribution in [1.82, 2.24) is 20.0 Å². The summed E-state index contributed by atoms with van der Waals surface area (Å²) in [5.41, 5.74) is 2.92. The number of hydrogen-bond acceptors (Lipinski definition) is 6. The van der Waals surface area contributed by atoms with Crippen molar-refractivity contribution in [2.75, 3.05) is 13.1 Å². The molecule has 38 heavy (non-hydrogen) atoms. The Balaban J connectivity index is 1.27. The lowest BCUT2D eigenvalue weighted by Crippen LogP contribution is -2.32. The number of nitrogens with one attached hydrogen (secondary N) is 1. The number of carboxylic acids is 1. The summed E-state index contributed by atoms with van der Waals surface area (Å²) >= 11 is 6.50. The Morgan fingerprint density at radius 1 is 1.21 bits per heavy atom. The van der Waals surface area contributed by atoms with Crippen molar-refractivity contribution in [2.24, 2.45) is 5.41 Å². The Hall–Kier alpha value is -3.36. The van der Waals surface area contributed by atoms with Crippen LogP contribution in [0.4, 0.5) is 0 Å². The summed E-state index contributed by atoms with van der Waals surface area (Å²) in [5, 5.41) is 17.9. The highest BCUT2D eigenvalue weighted by atomic mass is 35.5. The molecule has 0 unspecified atom stereocenters. The van der Waals surface area contributed by atoms with Crippen LogP contribution in [0.2, 0.25) is 5.02 Å². The summed E-state index contributed by atoms with van der Waals surface area (Å²) in [6.45, 7) is 5.56. The van der Waals surface area contributed by atoms with Gasteiger partial charge in [-0.15, -0.1) is 0 Å². The Morgan fingerprint density at radius 3 is 2.79 bits per heavy atom. The van der Waals surface area contributed by atoms with Crippen LogP contribution in [0.3, 0.4) is 0 Å². The van der Waals surface area contributed by atoms with Gasteiger partial charge in [0.1, 0.15) is 5.75 Å². The number of nitrogens with zero attached hydrogens (tertiary/aromatic N) is 3. The highest BCUT2D eigenvalue weighted by Gasteiger charge is 2.21. The first-order valence-electron chi connectivity index (χ1n) is 13.1. The monoisotopic (exact) mass is 536 g/mol. The van der Waals surface area contributed by atoms with E-state index in [0.717, 1.165) is 42.3 Å². The Morgan fingerprint density at radius 2 is 2.03 bits per heavy atom. The highest BCUT2D eigenvalue weighted by molar-refractivity contribution is 6.32. The summed E-state index contributed by atoms with van der Waals surface area (Å²) in [6.07, 6.45) is 7.71. The van der Waals surface area contributed by atoms with Crippen LogP contribution in [0.5, 0.6) is 5.75 Å². The van der Waals surface area contributed by atoms with Crippen LogP contribution >= 0.6 is 11.6 Å². The van der Waals surface area contributed by atoms with E-state index in [-0.39, 0.29) is 17.9 Å². The van der Waals surface area contributed by atoms with Crippen molar-refractivity contribution in [3.63, 3.8) is 0 Å². The maximum absolute atomic E-state index is 10.7. The predicted octanol–water partition coefficient (Wildman–Crippen LogP) is 6.29. The molecule has 2 aromatic heterocycles. The number of carboxylic acid groups (broad SMARTS) is 1. The van der Waals surface area contributed by atoms with Gasteiger partial charge in [-0.2, -0.15) is 4.98 Å². The van der Waals surface area contributed by atoms with E-state index in [1.807, 2.05) is 35.0 Å². The van der Waals surface area contributed by atoms with Crippen molar-refractivity contribution in [3.8, 4) is 23.2 Å². The molecule has 2 heterocycles. The Labute approximate surface area is 226 Å². The highest BCUT2D eigenvalue weighted by Crippen LogP contribution is 2.33. The number of carbonyl (C=O) groups is 1. The second kappa shape index (κ2) is 11.2. The maximum Gasteiger partial charge on any atom is 0.304 e. The van der Waals surface area contributed by atoms with E-state index in [9.17, 15) is 4.79 Å². The van der Waals surface area contributed by atoms with Crippen LogP contribution in [-0.4, -0.2) is 45.0 Å². The average Bonchev–Trinajstić information content (AvgIpc) is 3.63. The lowest BCUT2D eigenvalue weighted by Gasteiger charge is -2.25. The summed E-state index contributed by atoms with van der Waals surface area (Å²) in [5.74, 6) is 0.747. The van der Waals surface area contributed by atoms with Crippen LogP contribution in [0.15, 0.2) is 53.2 Å².